The summed E-state index contributed by atoms with van der Waals surface area (Å²) in [6.07, 6.45) is 0.969. The van der Waals surface area contributed by atoms with E-state index in [9.17, 15) is 18.4 Å². The van der Waals surface area contributed by atoms with E-state index in [4.69, 9.17) is 5.11 Å². The number of carboxylic acid groups (broad SMARTS) is 1. The van der Waals surface area contributed by atoms with Crippen molar-refractivity contribution in [3.63, 3.8) is 0 Å². The smallest absolute Gasteiger partial charge is 0.326 e. The predicted molar refractivity (Wildman–Crippen MR) is 58.1 cm³/mol. The van der Waals surface area contributed by atoms with Crippen LogP contribution in [0, 0.1) is 11.6 Å². The number of carboxylic acids is 1. The average Bonchev–Trinajstić information content (AvgIpc) is 2.81. The topological polar surface area (TPSA) is 57.6 Å². The fourth-order valence-corrected chi connectivity index (χ4v) is 2.06. The first-order chi connectivity index (χ1) is 8.50. The van der Waals surface area contributed by atoms with Gasteiger partial charge in [-0.3, -0.25) is 4.79 Å². The van der Waals surface area contributed by atoms with Crippen molar-refractivity contribution in [1.82, 2.24) is 4.90 Å². The van der Waals surface area contributed by atoms with E-state index in [1.54, 1.807) is 0 Å². The molecule has 0 aliphatic carbocycles. The van der Waals surface area contributed by atoms with E-state index in [2.05, 4.69) is 0 Å². The Morgan fingerprint density at radius 3 is 2.61 bits per heavy atom. The SMILES string of the molecule is O=C(O)C1CCCN1C(=O)c1ccc(F)c(F)c1. The highest BCUT2D eigenvalue weighted by Gasteiger charge is 2.34. The molecule has 1 fully saturated rings. The third-order valence-electron chi connectivity index (χ3n) is 2.97. The average molecular weight is 255 g/mol. The second-order valence-electron chi connectivity index (χ2n) is 4.12. The van der Waals surface area contributed by atoms with E-state index in [0.717, 1.165) is 18.2 Å². The molecule has 0 bridgehead atoms. The summed E-state index contributed by atoms with van der Waals surface area (Å²) in [4.78, 5) is 24.1. The molecule has 2 rings (SSSR count). The summed E-state index contributed by atoms with van der Waals surface area (Å²) in [5, 5.41) is 8.95. The number of nitrogens with zero attached hydrogens (tertiary/aromatic N) is 1. The highest BCUT2D eigenvalue weighted by atomic mass is 19.2. The largest absolute Gasteiger partial charge is 0.480 e. The highest BCUT2D eigenvalue weighted by Crippen LogP contribution is 2.21. The quantitative estimate of drug-likeness (QED) is 0.874. The van der Waals surface area contributed by atoms with Crippen LogP contribution in [0.15, 0.2) is 18.2 Å². The van der Waals surface area contributed by atoms with Gasteiger partial charge in [0.05, 0.1) is 0 Å². The number of carbonyl (C=O) groups excluding carboxylic acids is 1. The maximum absolute atomic E-state index is 13.0. The second-order valence-corrected chi connectivity index (χ2v) is 4.12. The molecule has 0 aromatic heterocycles. The first-order valence-electron chi connectivity index (χ1n) is 5.49. The number of hydrogen-bond donors (Lipinski definition) is 1. The standard InChI is InChI=1S/C12H11F2NO3/c13-8-4-3-7(6-9(8)14)11(16)15-5-1-2-10(15)12(17)18/h3-4,6,10H,1-2,5H2,(H,17,18). The summed E-state index contributed by atoms with van der Waals surface area (Å²) in [6.45, 7) is 0.314. The van der Waals surface area contributed by atoms with Crippen molar-refractivity contribution in [1.29, 1.82) is 0 Å². The van der Waals surface area contributed by atoms with Crippen LogP contribution in [0.5, 0.6) is 0 Å². The lowest BCUT2D eigenvalue weighted by atomic mass is 10.1. The van der Waals surface area contributed by atoms with Crippen LogP contribution in [0.1, 0.15) is 23.2 Å². The Morgan fingerprint density at radius 2 is 2.00 bits per heavy atom. The van der Waals surface area contributed by atoms with E-state index in [1.807, 2.05) is 0 Å². The maximum atomic E-state index is 13.0. The summed E-state index contributed by atoms with van der Waals surface area (Å²) in [5.74, 6) is -3.82. The summed E-state index contributed by atoms with van der Waals surface area (Å²) in [5.41, 5.74) is -0.0398. The Balaban J connectivity index is 2.25. The lowest BCUT2D eigenvalue weighted by molar-refractivity contribution is -0.141. The van der Waals surface area contributed by atoms with Gasteiger partial charge in [-0.25, -0.2) is 13.6 Å². The van der Waals surface area contributed by atoms with Crippen LogP contribution in [0.3, 0.4) is 0 Å². The predicted octanol–water partition coefficient (Wildman–Crippen LogP) is 1.65. The van der Waals surface area contributed by atoms with E-state index in [-0.39, 0.29) is 5.56 Å². The zero-order valence-corrected chi connectivity index (χ0v) is 9.40. The zero-order chi connectivity index (χ0) is 13.3. The third-order valence-corrected chi connectivity index (χ3v) is 2.97. The van der Waals surface area contributed by atoms with Gasteiger partial charge in [0, 0.05) is 12.1 Å². The lowest BCUT2D eigenvalue weighted by Crippen LogP contribution is -2.40. The van der Waals surface area contributed by atoms with Crippen LogP contribution in [-0.4, -0.2) is 34.5 Å². The Hall–Kier alpha value is -1.98. The summed E-state index contributed by atoms with van der Waals surface area (Å²) in [7, 11) is 0. The number of amides is 1. The van der Waals surface area contributed by atoms with Crippen molar-refractivity contribution in [3.8, 4) is 0 Å². The van der Waals surface area contributed by atoms with Crippen LogP contribution in [0.25, 0.3) is 0 Å². The molecule has 0 radical (unpaired) electrons. The molecular weight excluding hydrogens is 244 g/mol. The minimum Gasteiger partial charge on any atom is -0.480 e. The van der Waals surface area contributed by atoms with Crippen molar-refractivity contribution in [3.05, 3.63) is 35.4 Å². The number of carbonyl (C=O) groups is 2. The van der Waals surface area contributed by atoms with E-state index in [0.29, 0.717) is 19.4 Å². The van der Waals surface area contributed by atoms with Crippen molar-refractivity contribution in [2.45, 2.75) is 18.9 Å². The van der Waals surface area contributed by atoms with E-state index < -0.39 is 29.6 Å². The lowest BCUT2D eigenvalue weighted by Gasteiger charge is -2.21. The van der Waals surface area contributed by atoms with Crippen LogP contribution in [0.2, 0.25) is 0 Å². The van der Waals surface area contributed by atoms with E-state index in [1.165, 1.54) is 4.90 Å². The van der Waals surface area contributed by atoms with Crippen LogP contribution in [0.4, 0.5) is 8.78 Å². The van der Waals surface area contributed by atoms with Crippen LogP contribution < -0.4 is 0 Å². The van der Waals surface area contributed by atoms with Crippen molar-refractivity contribution in [2.24, 2.45) is 0 Å². The van der Waals surface area contributed by atoms with E-state index >= 15 is 0 Å². The fourth-order valence-electron chi connectivity index (χ4n) is 2.06. The van der Waals surface area contributed by atoms with Gasteiger partial charge in [-0.1, -0.05) is 0 Å². The van der Waals surface area contributed by atoms with Crippen molar-refractivity contribution >= 4 is 11.9 Å². The Morgan fingerprint density at radius 1 is 1.28 bits per heavy atom. The van der Waals surface area contributed by atoms with Crippen molar-refractivity contribution in [2.75, 3.05) is 6.54 Å². The zero-order valence-electron chi connectivity index (χ0n) is 9.40. The molecule has 1 aromatic carbocycles. The second kappa shape index (κ2) is 4.72. The molecule has 1 heterocycles. The Kier molecular flexibility index (Phi) is 3.27. The van der Waals surface area contributed by atoms with Gasteiger partial charge in [0.2, 0.25) is 0 Å². The fraction of sp³-hybridized carbons (Fsp3) is 0.333. The van der Waals surface area contributed by atoms with Gasteiger partial charge in [0.15, 0.2) is 11.6 Å². The molecule has 1 N–H and O–H groups in total. The summed E-state index contributed by atoms with van der Waals surface area (Å²) < 4.78 is 25.8. The molecule has 1 saturated heterocycles. The van der Waals surface area contributed by atoms with Gasteiger partial charge in [-0.2, -0.15) is 0 Å². The molecule has 4 nitrogen and oxygen atoms in total. The molecule has 1 aliphatic heterocycles. The molecule has 1 aromatic rings. The molecular formula is C12H11F2NO3. The molecule has 0 saturated carbocycles. The van der Waals surface area contributed by atoms with Gasteiger partial charge in [0.25, 0.3) is 5.91 Å². The minimum atomic E-state index is -1.12. The van der Waals surface area contributed by atoms with Gasteiger partial charge in [-0.05, 0) is 31.0 Å². The summed E-state index contributed by atoms with van der Waals surface area (Å²) >= 11 is 0. The number of halogens is 2. The molecule has 0 spiro atoms. The first kappa shape index (κ1) is 12.5. The van der Waals surface area contributed by atoms with Gasteiger partial charge >= 0.3 is 5.97 Å². The Bertz CT molecular complexity index is 504. The highest BCUT2D eigenvalue weighted by molar-refractivity contribution is 5.96. The van der Waals surface area contributed by atoms with Crippen LogP contribution in [-0.2, 0) is 4.79 Å². The molecule has 1 unspecified atom stereocenters. The molecule has 1 atom stereocenters. The molecule has 1 aliphatic rings. The number of hydrogen-bond acceptors (Lipinski definition) is 2. The molecule has 1 amide bonds. The maximum Gasteiger partial charge on any atom is 0.326 e. The van der Waals surface area contributed by atoms with Crippen molar-refractivity contribution < 1.29 is 23.5 Å². The number of rotatable bonds is 2. The summed E-state index contributed by atoms with van der Waals surface area (Å²) in [6, 6.07) is 1.91. The molecule has 18 heavy (non-hydrogen) atoms. The first-order valence-corrected chi connectivity index (χ1v) is 5.49. The third kappa shape index (κ3) is 2.18. The molecule has 96 valence electrons. The normalized spacial score (nSPS) is 19.0. The number of benzene rings is 1. The Labute approximate surface area is 102 Å². The van der Waals surface area contributed by atoms with Gasteiger partial charge < -0.3 is 10.0 Å². The number of aliphatic carboxylic acids is 1. The van der Waals surface area contributed by atoms with Gasteiger partial charge in [-0.15, -0.1) is 0 Å². The van der Waals surface area contributed by atoms with Crippen LogP contribution >= 0.6 is 0 Å². The van der Waals surface area contributed by atoms with Gasteiger partial charge in [0.1, 0.15) is 6.04 Å². The number of likely N-dealkylation sites (tertiary alicyclic amines) is 1. The minimum absolute atomic E-state index is 0.0398. The monoisotopic (exact) mass is 255 g/mol. The molecule has 6 heteroatoms.